The van der Waals surface area contributed by atoms with Crippen molar-refractivity contribution in [1.29, 1.82) is 0 Å². The summed E-state index contributed by atoms with van der Waals surface area (Å²) in [6.45, 7) is 0.854. The number of nitrogens with one attached hydrogen (secondary N) is 2. The first-order valence-corrected chi connectivity index (χ1v) is 6.59. The van der Waals surface area contributed by atoms with Crippen LogP contribution in [0.25, 0.3) is 11.0 Å². The average molecular weight is 282 g/mol. The first kappa shape index (κ1) is 13.1. The lowest BCUT2D eigenvalue weighted by molar-refractivity contribution is 0.0947. The van der Waals surface area contributed by atoms with Crippen LogP contribution in [0.5, 0.6) is 5.75 Å². The highest BCUT2D eigenvalue weighted by Gasteiger charge is 2.07. The van der Waals surface area contributed by atoms with Crippen LogP contribution in [0.1, 0.15) is 10.4 Å². The maximum Gasteiger partial charge on any atom is 0.251 e. The predicted octanol–water partition coefficient (Wildman–Crippen LogP) is 1.77. The lowest BCUT2D eigenvalue weighted by Crippen LogP contribution is -2.28. The minimum absolute atomic E-state index is 0.156. The number of ether oxygens (including phenoxy) is 1. The van der Waals surface area contributed by atoms with Gasteiger partial charge in [0.1, 0.15) is 23.4 Å². The Morgan fingerprint density at radius 1 is 1.10 bits per heavy atom. The van der Waals surface area contributed by atoms with Crippen molar-refractivity contribution in [3.63, 3.8) is 0 Å². The molecule has 0 unspecified atom stereocenters. The van der Waals surface area contributed by atoms with E-state index >= 15 is 0 Å². The Hall–Kier alpha value is -2.89. The van der Waals surface area contributed by atoms with Crippen LogP contribution in [-0.2, 0) is 0 Å². The van der Waals surface area contributed by atoms with E-state index in [1.807, 2.05) is 30.3 Å². The molecule has 0 aliphatic heterocycles. The van der Waals surface area contributed by atoms with Gasteiger partial charge in [-0.05, 0) is 30.3 Å². The molecule has 21 heavy (non-hydrogen) atoms. The van der Waals surface area contributed by atoms with Crippen molar-refractivity contribution in [2.24, 2.45) is 0 Å². The van der Waals surface area contributed by atoms with Crippen LogP contribution in [0.2, 0.25) is 0 Å². The second kappa shape index (κ2) is 6.04. The van der Waals surface area contributed by atoms with Crippen molar-refractivity contribution in [3.05, 3.63) is 54.1 Å². The Balaban J connectivity index is 1.52. The fourth-order valence-corrected chi connectivity index (χ4v) is 1.93. The highest BCUT2D eigenvalue weighted by atomic mass is 16.5. The molecule has 0 radical (unpaired) electrons. The van der Waals surface area contributed by atoms with Crippen molar-refractivity contribution >= 4 is 16.9 Å². The molecule has 0 atom stereocenters. The minimum Gasteiger partial charge on any atom is -0.492 e. The van der Waals surface area contributed by atoms with E-state index in [1.165, 1.54) is 0 Å². The smallest absolute Gasteiger partial charge is 0.251 e. The van der Waals surface area contributed by atoms with Gasteiger partial charge >= 0.3 is 0 Å². The maximum atomic E-state index is 12.0. The summed E-state index contributed by atoms with van der Waals surface area (Å²) in [5.74, 6) is 0.632. The van der Waals surface area contributed by atoms with E-state index in [4.69, 9.17) is 4.74 Å². The summed E-state index contributed by atoms with van der Waals surface area (Å²) in [5.41, 5.74) is 1.96. The summed E-state index contributed by atoms with van der Waals surface area (Å²) in [4.78, 5) is 12.0. The number of para-hydroxylation sites is 1. The third-order valence-corrected chi connectivity index (χ3v) is 2.98. The maximum absolute atomic E-state index is 12.0. The molecule has 0 aliphatic carbocycles. The van der Waals surface area contributed by atoms with Crippen LogP contribution in [0.15, 0.2) is 48.5 Å². The zero-order valence-electron chi connectivity index (χ0n) is 11.2. The zero-order chi connectivity index (χ0) is 14.5. The van der Waals surface area contributed by atoms with Crippen LogP contribution in [0.4, 0.5) is 0 Å². The van der Waals surface area contributed by atoms with Crippen LogP contribution in [0, 0.1) is 0 Å². The summed E-state index contributed by atoms with van der Waals surface area (Å²) in [6, 6.07) is 14.7. The molecule has 0 saturated carbocycles. The number of rotatable bonds is 5. The molecule has 106 valence electrons. The normalized spacial score (nSPS) is 10.5. The van der Waals surface area contributed by atoms with Crippen LogP contribution in [-0.4, -0.2) is 34.5 Å². The summed E-state index contributed by atoms with van der Waals surface area (Å²) in [6.07, 6.45) is 0. The van der Waals surface area contributed by atoms with Crippen molar-refractivity contribution in [2.45, 2.75) is 0 Å². The van der Waals surface area contributed by atoms with Gasteiger partial charge in [-0.3, -0.25) is 4.79 Å². The van der Waals surface area contributed by atoms with Gasteiger partial charge in [0.05, 0.1) is 6.54 Å². The molecule has 6 nitrogen and oxygen atoms in total. The minimum atomic E-state index is -0.156. The van der Waals surface area contributed by atoms with Gasteiger partial charge in [-0.25, -0.2) is 0 Å². The average Bonchev–Trinajstić information content (AvgIpc) is 3.00. The Morgan fingerprint density at radius 2 is 1.90 bits per heavy atom. The van der Waals surface area contributed by atoms with E-state index in [-0.39, 0.29) is 5.91 Å². The molecule has 1 heterocycles. The number of amides is 1. The molecule has 0 fully saturated rings. The molecule has 0 aliphatic rings. The first-order valence-electron chi connectivity index (χ1n) is 6.59. The third kappa shape index (κ3) is 3.17. The summed E-state index contributed by atoms with van der Waals surface area (Å²) in [7, 11) is 0. The molecule has 3 rings (SSSR count). The summed E-state index contributed by atoms with van der Waals surface area (Å²) >= 11 is 0. The zero-order valence-corrected chi connectivity index (χ0v) is 11.2. The number of aromatic amines is 1. The van der Waals surface area contributed by atoms with E-state index < -0.39 is 0 Å². The predicted molar refractivity (Wildman–Crippen MR) is 78.2 cm³/mol. The van der Waals surface area contributed by atoms with Gasteiger partial charge in [0.15, 0.2) is 0 Å². The molecule has 1 amide bonds. The highest BCUT2D eigenvalue weighted by Crippen LogP contribution is 2.10. The number of hydrogen-bond acceptors (Lipinski definition) is 4. The number of fused-ring (bicyclic) bond motifs is 1. The molecule has 2 N–H and O–H groups in total. The first-order chi connectivity index (χ1) is 10.3. The molecule has 0 saturated heterocycles. The van der Waals surface area contributed by atoms with Gasteiger partial charge < -0.3 is 10.1 Å². The quantitative estimate of drug-likeness (QED) is 0.699. The Bertz CT molecular complexity index is 740. The van der Waals surface area contributed by atoms with Gasteiger partial charge in [0, 0.05) is 5.56 Å². The standard InChI is InChI=1S/C15H14N4O2/c20-15(11-6-7-13-14(10-11)18-19-17-13)16-8-9-21-12-4-2-1-3-5-12/h1-7,10H,8-9H2,(H,16,20)(H,17,18,19). The number of carbonyl (C=O) groups excluding carboxylic acids is 1. The van der Waals surface area contributed by atoms with E-state index in [2.05, 4.69) is 20.7 Å². The van der Waals surface area contributed by atoms with E-state index in [0.717, 1.165) is 11.3 Å². The number of hydrogen-bond donors (Lipinski definition) is 2. The second-order valence-corrected chi connectivity index (χ2v) is 4.44. The van der Waals surface area contributed by atoms with Gasteiger partial charge in [-0.15, -0.1) is 0 Å². The van der Waals surface area contributed by atoms with Crippen LogP contribution in [0.3, 0.4) is 0 Å². The molecular weight excluding hydrogens is 268 g/mol. The van der Waals surface area contributed by atoms with Crippen molar-refractivity contribution < 1.29 is 9.53 Å². The lowest BCUT2D eigenvalue weighted by Gasteiger charge is -2.07. The number of carbonyl (C=O) groups is 1. The monoisotopic (exact) mass is 282 g/mol. The third-order valence-electron chi connectivity index (χ3n) is 2.98. The Morgan fingerprint density at radius 3 is 2.76 bits per heavy atom. The fraction of sp³-hybridized carbons (Fsp3) is 0.133. The van der Waals surface area contributed by atoms with Crippen molar-refractivity contribution in [3.8, 4) is 5.75 Å². The number of H-pyrrole nitrogens is 1. The highest BCUT2D eigenvalue weighted by molar-refractivity contribution is 5.97. The van der Waals surface area contributed by atoms with Gasteiger partial charge in [0.25, 0.3) is 5.91 Å². The molecule has 1 aromatic heterocycles. The van der Waals surface area contributed by atoms with Crippen molar-refractivity contribution in [1.82, 2.24) is 20.7 Å². The molecule has 0 bridgehead atoms. The largest absolute Gasteiger partial charge is 0.492 e. The molecule has 3 aromatic rings. The number of aromatic nitrogens is 3. The fourth-order valence-electron chi connectivity index (χ4n) is 1.93. The molecule has 2 aromatic carbocycles. The summed E-state index contributed by atoms with van der Waals surface area (Å²) < 4.78 is 5.51. The lowest BCUT2D eigenvalue weighted by atomic mass is 10.2. The van der Waals surface area contributed by atoms with E-state index in [0.29, 0.717) is 24.2 Å². The Labute approximate surface area is 121 Å². The topological polar surface area (TPSA) is 79.9 Å². The molecule has 6 heteroatoms. The number of nitrogens with zero attached hydrogens (tertiary/aromatic N) is 2. The second-order valence-electron chi connectivity index (χ2n) is 4.44. The van der Waals surface area contributed by atoms with Crippen molar-refractivity contribution in [2.75, 3.05) is 13.2 Å². The van der Waals surface area contributed by atoms with Crippen LogP contribution < -0.4 is 10.1 Å². The van der Waals surface area contributed by atoms with Gasteiger partial charge in [0.2, 0.25) is 0 Å². The molecule has 0 spiro atoms. The summed E-state index contributed by atoms with van der Waals surface area (Å²) in [5, 5.41) is 13.2. The SMILES string of the molecule is O=C(NCCOc1ccccc1)c1ccc2n[nH]nc2c1. The Kier molecular flexibility index (Phi) is 3.77. The molecular formula is C15H14N4O2. The van der Waals surface area contributed by atoms with E-state index in [1.54, 1.807) is 18.2 Å². The van der Waals surface area contributed by atoms with Gasteiger partial charge in [-0.1, -0.05) is 18.2 Å². The van der Waals surface area contributed by atoms with Gasteiger partial charge in [-0.2, -0.15) is 15.4 Å². The number of benzene rings is 2. The van der Waals surface area contributed by atoms with Crippen LogP contribution >= 0.6 is 0 Å². The van der Waals surface area contributed by atoms with E-state index in [9.17, 15) is 4.79 Å².